The number of nitrogens with one attached hydrogen (secondary N) is 1. The lowest BCUT2D eigenvalue weighted by Crippen LogP contribution is -2.21. The zero-order chi connectivity index (χ0) is 11.6. The summed E-state index contributed by atoms with van der Waals surface area (Å²) in [5.74, 6) is 1.20. The molecule has 0 radical (unpaired) electrons. The third-order valence-electron chi connectivity index (χ3n) is 3.91. The molecule has 1 aliphatic heterocycles. The van der Waals surface area contributed by atoms with Crippen LogP contribution in [0.4, 0.5) is 4.79 Å². The summed E-state index contributed by atoms with van der Waals surface area (Å²) in [4.78, 5) is 13.7. The van der Waals surface area contributed by atoms with E-state index in [1.165, 1.54) is 17.5 Å². The first-order chi connectivity index (χ1) is 8.25. The molecule has 4 heteroatoms. The number of carbonyl (C=O) groups is 1. The van der Waals surface area contributed by atoms with Crippen LogP contribution in [0.1, 0.15) is 34.9 Å². The highest BCUT2D eigenvalue weighted by atomic mass is 32.2. The number of fused-ring (bicyclic) bond motifs is 7. The van der Waals surface area contributed by atoms with Crippen molar-refractivity contribution in [3.63, 3.8) is 0 Å². The Morgan fingerprint density at radius 2 is 2.24 bits per heavy atom. The molecule has 3 aliphatic rings. The average molecular weight is 245 g/mol. The maximum atomic E-state index is 10.6. The Morgan fingerprint density at radius 1 is 1.41 bits per heavy atom. The maximum Gasteiger partial charge on any atom is 0.404 e. The lowest BCUT2D eigenvalue weighted by Gasteiger charge is -2.14. The van der Waals surface area contributed by atoms with Gasteiger partial charge < -0.3 is 10.4 Å². The minimum atomic E-state index is -0.952. The summed E-state index contributed by atoms with van der Waals surface area (Å²) in [6.07, 6.45) is 0.267. The average Bonchev–Trinajstić information content (AvgIpc) is 2.93. The smallest absolute Gasteiger partial charge is 0.404 e. The molecule has 2 unspecified atom stereocenters. The second kappa shape index (κ2) is 3.07. The van der Waals surface area contributed by atoms with Crippen molar-refractivity contribution in [3.05, 3.63) is 44.7 Å². The highest BCUT2D eigenvalue weighted by Crippen LogP contribution is 2.73. The fourth-order valence-corrected chi connectivity index (χ4v) is 4.42. The molecule has 3 nitrogen and oxygen atoms in total. The molecule has 2 bridgehead atoms. The largest absolute Gasteiger partial charge is 0.465 e. The molecule has 1 heterocycles. The number of thioether (sulfide) groups is 1. The molecule has 0 aromatic heterocycles. The van der Waals surface area contributed by atoms with Crippen molar-refractivity contribution in [2.75, 3.05) is 0 Å². The van der Waals surface area contributed by atoms with Crippen molar-refractivity contribution in [3.8, 4) is 0 Å². The van der Waals surface area contributed by atoms with Crippen LogP contribution < -0.4 is 5.32 Å². The predicted molar refractivity (Wildman–Crippen MR) is 66.0 cm³/mol. The summed E-state index contributed by atoms with van der Waals surface area (Å²) >= 11 is 1.94. The standard InChI is InChI=1S/C13H11NO2S/c15-13(16)14-5-6-2-1-3-7-8-4-9(10(6)7)12-11(8)17-12/h1-3,8-9,14H,4-5H2,(H,15,16). The maximum absolute atomic E-state index is 10.6. The van der Waals surface area contributed by atoms with E-state index in [2.05, 4.69) is 11.4 Å². The highest BCUT2D eigenvalue weighted by Gasteiger charge is 2.52. The van der Waals surface area contributed by atoms with Gasteiger partial charge in [-0.25, -0.2) is 4.79 Å². The van der Waals surface area contributed by atoms with Crippen LogP contribution in [0.15, 0.2) is 28.0 Å². The molecule has 0 saturated carbocycles. The van der Waals surface area contributed by atoms with E-state index in [0.29, 0.717) is 18.4 Å². The highest BCUT2D eigenvalue weighted by molar-refractivity contribution is 8.13. The van der Waals surface area contributed by atoms with E-state index in [-0.39, 0.29) is 0 Å². The summed E-state index contributed by atoms with van der Waals surface area (Å²) in [6, 6.07) is 6.29. The topological polar surface area (TPSA) is 49.3 Å². The Hall–Kier alpha value is -1.42. The van der Waals surface area contributed by atoms with Gasteiger partial charge in [0.1, 0.15) is 0 Å². The molecule has 17 heavy (non-hydrogen) atoms. The van der Waals surface area contributed by atoms with Crippen LogP contribution >= 0.6 is 11.8 Å². The Labute approximate surface area is 103 Å². The van der Waals surface area contributed by atoms with E-state index in [1.54, 1.807) is 9.81 Å². The van der Waals surface area contributed by atoms with Crippen molar-refractivity contribution in [2.24, 2.45) is 0 Å². The number of amides is 1. The normalized spacial score (nSPS) is 26.8. The molecule has 4 rings (SSSR count). The minimum Gasteiger partial charge on any atom is -0.465 e. The first-order valence-electron chi connectivity index (χ1n) is 5.76. The predicted octanol–water partition coefficient (Wildman–Crippen LogP) is 3.00. The summed E-state index contributed by atoms with van der Waals surface area (Å²) < 4.78 is 0. The number of benzene rings is 1. The van der Waals surface area contributed by atoms with Gasteiger partial charge in [-0.3, -0.25) is 0 Å². The first kappa shape index (κ1) is 9.59. The van der Waals surface area contributed by atoms with Crippen molar-refractivity contribution in [1.82, 2.24) is 5.32 Å². The third kappa shape index (κ3) is 1.21. The lowest BCUT2D eigenvalue weighted by molar-refractivity contribution is 0.194. The summed E-state index contributed by atoms with van der Waals surface area (Å²) in [6.45, 7) is 0.426. The number of allylic oxidation sites excluding steroid dienone is 2. The molecule has 2 aliphatic carbocycles. The number of hydrogen-bond acceptors (Lipinski definition) is 2. The minimum absolute atomic E-state index is 0.426. The van der Waals surface area contributed by atoms with E-state index in [4.69, 9.17) is 5.11 Å². The van der Waals surface area contributed by atoms with Gasteiger partial charge in [-0.1, -0.05) is 30.0 Å². The summed E-state index contributed by atoms with van der Waals surface area (Å²) in [5.41, 5.74) is 3.98. The quantitative estimate of drug-likeness (QED) is 0.842. The number of carboxylic acid groups (broad SMARTS) is 1. The Kier molecular flexibility index (Phi) is 1.73. The van der Waals surface area contributed by atoms with Crippen molar-refractivity contribution in [2.45, 2.75) is 24.8 Å². The molecule has 0 fully saturated rings. The van der Waals surface area contributed by atoms with Gasteiger partial charge in [0.2, 0.25) is 0 Å². The lowest BCUT2D eigenvalue weighted by atomic mass is 9.92. The Bertz CT molecular complexity index is 579. The van der Waals surface area contributed by atoms with E-state index in [9.17, 15) is 4.79 Å². The van der Waals surface area contributed by atoms with Crippen LogP contribution in [0, 0.1) is 0 Å². The van der Waals surface area contributed by atoms with E-state index in [0.717, 1.165) is 5.56 Å². The molecular weight excluding hydrogens is 234 g/mol. The molecule has 0 spiro atoms. The van der Waals surface area contributed by atoms with Crippen molar-refractivity contribution < 1.29 is 9.90 Å². The Morgan fingerprint density at radius 3 is 3.06 bits per heavy atom. The molecule has 86 valence electrons. The molecule has 2 atom stereocenters. The van der Waals surface area contributed by atoms with Crippen LogP contribution in [-0.2, 0) is 6.54 Å². The SMILES string of the molecule is O=C(O)NCc1cccc2c1C1CC2C2=C1S2. The summed E-state index contributed by atoms with van der Waals surface area (Å²) in [5, 5.41) is 11.2. The van der Waals surface area contributed by atoms with Crippen molar-refractivity contribution in [1.29, 1.82) is 0 Å². The third-order valence-corrected chi connectivity index (χ3v) is 5.15. The zero-order valence-corrected chi connectivity index (χ0v) is 9.88. The van der Waals surface area contributed by atoms with Crippen molar-refractivity contribution >= 4 is 17.9 Å². The van der Waals surface area contributed by atoms with E-state index < -0.39 is 6.09 Å². The fourth-order valence-electron chi connectivity index (χ4n) is 3.23. The van der Waals surface area contributed by atoms with E-state index in [1.807, 2.05) is 23.9 Å². The van der Waals surface area contributed by atoms with Crippen LogP contribution in [0.2, 0.25) is 0 Å². The second-order valence-electron chi connectivity index (χ2n) is 4.75. The van der Waals surface area contributed by atoms with Crippen LogP contribution in [0.5, 0.6) is 0 Å². The molecule has 0 saturated heterocycles. The Balaban J connectivity index is 1.73. The zero-order valence-electron chi connectivity index (χ0n) is 9.06. The molecule has 1 amide bonds. The van der Waals surface area contributed by atoms with Gasteiger partial charge in [0.15, 0.2) is 0 Å². The fraction of sp³-hybridized carbons (Fsp3) is 0.308. The molecule has 1 aromatic rings. The number of rotatable bonds is 2. The van der Waals surface area contributed by atoms with Gasteiger partial charge >= 0.3 is 6.09 Å². The first-order valence-corrected chi connectivity index (χ1v) is 6.57. The molecule has 1 aromatic carbocycles. The van der Waals surface area contributed by atoms with Gasteiger partial charge in [0.05, 0.1) is 0 Å². The van der Waals surface area contributed by atoms with Crippen LogP contribution in [-0.4, -0.2) is 11.2 Å². The van der Waals surface area contributed by atoms with Gasteiger partial charge in [0.25, 0.3) is 0 Å². The molecular formula is C13H11NO2S. The summed E-state index contributed by atoms with van der Waals surface area (Å²) in [7, 11) is 0. The van der Waals surface area contributed by atoms with E-state index >= 15 is 0 Å². The second-order valence-corrected chi connectivity index (χ2v) is 5.83. The van der Waals surface area contributed by atoms with Gasteiger partial charge in [0, 0.05) is 28.2 Å². The van der Waals surface area contributed by atoms with Gasteiger partial charge in [-0.15, -0.1) is 0 Å². The van der Waals surface area contributed by atoms with Crippen LogP contribution in [0.25, 0.3) is 0 Å². The number of hydrogen-bond donors (Lipinski definition) is 2. The van der Waals surface area contributed by atoms with Gasteiger partial charge in [-0.2, -0.15) is 0 Å². The monoisotopic (exact) mass is 245 g/mol. The van der Waals surface area contributed by atoms with Crippen LogP contribution in [0.3, 0.4) is 0 Å². The molecule has 2 N–H and O–H groups in total. The van der Waals surface area contributed by atoms with Gasteiger partial charge in [-0.05, 0) is 23.1 Å².